The highest BCUT2D eigenvalue weighted by Crippen LogP contribution is 2.22. The first kappa shape index (κ1) is 13.5. The van der Waals surface area contributed by atoms with Crippen LogP contribution < -0.4 is 0 Å². The van der Waals surface area contributed by atoms with Gasteiger partial charge in [-0.1, -0.05) is 12.1 Å². The maximum atomic E-state index is 12.3. The van der Waals surface area contributed by atoms with Crippen LogP contribution in [0.15, 0.2) is 28.7 Å². The number of rotatable bonds is 2. The van der Waals surface area contributed by atoms with Crippen LogP contribution >= 0.6 is 15.9 Å². The van der Waals surface area contributed by atoms with E-state index in [9.17, 15) is 13.2 Å². The molecule has 98 valence electrons. The molecule has 0 N–H and O–H groups in total. The van der Waals surface area contributed by atoms with Crippen LogP contribution in [0, 0.1) is 0 Å². The SMILES string of the molecule is CN(C(=O)c1ccccc1Br)[C@H]1CCS(=O)(=O)C1. The van der Waals surface area contributed by atoms with Crippen molar-refractivity contribution in [2.45, 2.75) is 12.5 Å². The molecule has 0 aromatic heterocycles. The van der Waals surface area contributed by atoms with Gasteiger partial charge in [-0.15, -0.1) is 0 Å². The minimum absolute atomic E-state index is 0.0691. The summed E-state index contributed by atoms with van der Waals surface area (Å²) in [6, 6.07) is 6.94. The van der Waals surface area contributed by atoms with Crippen LogP contribution in [-0.2, 0) is 9.84 Å². The summed E-state index contributed by atoms with van der Waals surface area (Å²) in [6.45, 7) is 0. The van der Waals surface area contributed by atoms with Crippen LogP contribution in [0.2, 0.25) is 0 Å². The number of hydrogen-bond acceptors (Lipinski definition) is 3. The Morgan fingerprint density at radius 2 is 2.06 bits per heavy atom. The Morgan fingerprint density at radius 1 is 1.39 bits per heavy atom. The number of halogens is 1. The molecule has 2 rings (SSSR count). The zero-order chi connectivity index (χ0) is 13.3. The highest BCUT2D eigenvalue weighted by molar-refractivity contribution is 9.10. The van der Waals surface area contributed by atoms with Gasteiger partial charge in [-0.2, -0.15) is 0 Å². The first-order chi connectivity index (χ1) is 8.41. The molecule has 0 bridgehead atoms. The summed E-state index contributed by atoms with van der Waals surface area (Å²) in [6.07, 6.45) is 0.523. The molecule has 4 nitrogen and oxygen atoms in total. The summed E-state index contributed by atoms with van der Waals surface area (Å²) in [5.74, 6) is 0.0925. The molecule has 0 saturated carbocycles. The monoisotopic (exact) mass is 331 g/mol. The summed E-state index contributed by atoms with van der Waals surface area (Å²) in [5, 5.41) is 0. The van der Waals surface area contributed by atoms with Gasteiger partial charge < -0.3 is 4.90 Å². The van der Waals surface area contributed by atoms with Crippen molar-refractivity contribution < 1.29 is 13.2 Å². The van der Waals surface area contributed by atoms with Crippen LogP contribution in [0.5, 0.6) is 0 Å². The van der Waals surface area contributed by atoms with Gasteiger partial charge in [0.1, 0.15) is 0 Å². The minimum atomic E-state index is -2.97. The van der Waals surface area contributed by atoms with E-state index in [2.05, 4.69) is 15.9 Å². The standard InChI is InChI=1S/C12H14BrNO3S/c1-14(9-6-7-18(16,17)8-9)12(15)10-4-2-3-5-11(10)13/h2-5,9H,6-8H2,1H3/t9-/m0/s1. The predicted molar refractivity (Wildman–Crippen MR) is 73.3 cm³/mol. The van der Waals surface area contributed by atoms with E-state index in [0.29, 0.717) is 12.0 Å². The average molecular weight is 332 g/mol. The molecule has 1 atom stereocenters. The lowest BCUT2D eigenvalue weighted by atomic mass is 10.1. The van der Waals surface area contributed by atoms with Crippen LogP contribution in [-0.4, -0.2) is 43.8 Å². The highest BCUT2D eigenvalue weighted by Gasteiger charge is 2.33. The summed E-state index contributed by atoms with van der Waals surface area (Å²) in [7, 11) is -1.31. The molecule has 1 aromatic carbocycles. The molecule has 0 spiro atoms. The molecular formula is C12H14BrNO3S. The number of benzene rings is 1. The fourth-order valence-electron chi connectivity index (χ4n) is 2.07. The van der Waals surface area contributed by atoms with Crippen molar-refractivity contribution >= 4 is 31.7 Å². The summed E-state index contributed by atoms with van der Waals surface area (Å²) in [5.41, 5.74) is 0.560. The lowest BCUT2D eigenvalue weighted by Gasteiger charge is -2.23. The van der Waals surface area contributed by atoms with Crippen molar-refractivity contribution in [1.82, 2.24) is 4.90 Å². The van der Waals surface area contributed by atoms with Gasteiger partial charge in [0, 0.05) is 17.6 Å². The Hall–Kier alpha value is -0.880. The third-order valence-corrected chi connectivity index (χ3v) is 5.62. The first-order valence-corrected chi connectivity index (χ1v) is 8.24. The average Bonchev–Trinajstić information content (AvgIpc) is 2.68. The Balaban J connectivity index is 2.18. The Kier molecular flexibility index (Phi) is 3.77. The largest absolute Gasteiger partial charge is 0.338 e. The van der Waals surface area contributed by atoms with Gasteiger partial charge >= 0.3 is 0 Å². The highest BCUT2D eigenvalue weighted by atomic mass is 79.9. The van der Waals surface area contributed by atoms with Crippen molar-refractivity contribution in [3.63, 3.8) is 0 Å². The normalized spacial score (nSPS) is 21.8. The molecule has 0 unspecified atom stereocenters. The van der Waals surface area contributed by atoms with Crippen LogP contribution in [0.1, 0.15) is 16.8 Å². The van der Waals surface area contributed by atoms with E-state index in [0.717, 1.165) is 4.47 Å². The van der Waals surface area contributed by atoms with Crippen molar-refractivity contribution in [2.24, 2.45) is 0 Å². The summed E-state index contributed by atoms with van der Waals surface area (Å²) < 4.78 is 23.6. The van der Waals surface area contributed by atoms with Gasteiger partial charge in [0.15, 0.2) is 9.84 Å². The molecule has 1 aromatic rings. The Bertz CT molecular complexity index is 570. The van der Waals surface area contributed by atoms with Crippen molar-refractivity contribution in [3.05, 3.63) is 34.3 Å². The molecule has 1 heterocycles. The number of carbonyl (C=O) groups is 1. The minimum Gasteiger partial charge on any atom is -0.338 e. The second-order valence-electron chi connectivity index (χ2n) is 4.45. The van der Waals surface area contributed by atoms with Crippen molar-refractivity contribution in [3.8, 4) is 0 Å². The van der Waals surface area contributed by atoms with Gasteiger partial charge in [0.2, 0.25) is 0 Å². The van der Waals surface area contributed by atoms with Gasteiger partial charge in [0.05, 0.1) is 17.1 Å². The molecule has 0 aliphatic carbocycles. The van der Waals surface area contributed by atoms with Gasteiger partial charge in [-0.25, -0.2) is 8.42 Å². The van der Waals surface area contributed by atoms with Gasteiger partial charge in [-0.05, 0) is 34.5 Å². The van der Waals surface area contributed by atoms with Gasteiger partial charge in [-0.3, -0.25) is 4.79 Å². The third-order valence-electron chi connectivity index (χ3n) is 3.18. The summed E-state index contributed by atoms with van der Waals surface area (Å²) in [4.78, 5) is 13.8. The molecule has 18 heavy (non-hydrogen) atoms. The van der Waals surface area contributed by atoms with E-state index in [1.54, 1.807) is 25.2 Å². The van der Waals surface area contributed by atoms with Crippen LogP contribution in [0.4, 0.5) is 0 Å². The number of hydrogen-bond donors (Lipinski definition) is 0. The van der Waals surface area contributed by atoms with E-state index < -0.39 is 9.84 Å². The van der Waals surface area contributed by atoms with Crippen molar-refractivity contribution in [1.29, 1.82) is 0 Å². The molecular weight excluding hydrogens is 318 g/mol. The maximum absolute atomic E-state index is 12.3. The predicted octanol–water partition coefficient (Wildman–Crippen LogP) is 1.71. The Labute approximate surface area is 115 Å². The van der Waals surface area contributed by atoms with E-state index in [4.69, 9.17) is 0 Å². The summed E-state index contributed by atoms with van der Waals surface area (Å²) >= 11 is 3.33. The molecule has 1 amide bonds. The number of nitrogens with zero attached hydrogens (tertiary/aromatic N) is 1. The molecule has 1 saturated heterocycles. The first-order valence-electron chi connectivity index (χ1n) is 5.63. The lowest BCUT2D eigenvalue weighted by molar-refractivity contribution is 0.0747. The zero-order valence-corrected chi connectivity index (χ0v) is 12.4. The fraction of sp³-hybridized carbons (Fsp3) is 0.417. The topological polar surface area (TPSA) is 54.5 Å². The van der Waals surface area contributed by atoms with E-state index in [-0.39, 0.29) is 23.5 Å². The molecule has 0 radical (unpaired) electrons. The number of sulfone groups is 1. The third kappa shape index (κ3) is 2.75. The molecule has 1 aliphatic rings. The number of carbonyl (C=O) groups excluding carboxylic acids is 1. The van der Waals surface area contributed by atoms with Crippen LogP contribution in [0.3, 0.4) is 0 Å². The maximum Gasteiger partial charge on any atom is 0.255 e. The molecule has 6 heteroatoms. The molecule has 1 aliphatic heterocycles. The second-order valence-corrected chi connectivity index (χ2v) is 7.54. The fourth-order valence-corrected chi connectivity index (χ4v) is 4.30. The lowest BCUT2D eigenvalue weighted by Crippen LogP contribution is -2.37. The Morgan fingerprint density at radius 3 is 2.61 bits per heavy atom. The quantitative estimate of drug-likeness (QED) is 0.828. The van der Waals surface area contributed by atoms with E-state index in [1.165, 1.54) is 4.90 Å². The zero-order valence-electron chi connectivity index (χ0n) is 9.97. The van der Waals surface area contributed by atoms with Gasteiger partial charge in [0.25, 0.3) is 5.91 Å². The smallest absolute Gasteiger partial charge is 0.255 e. The van der Waals surface area contributed by atoms with Crippen molar-refractivity contribution in [2.75, 3.05) is 18.6 Å². The second kappa shape index (κ2) is 5.01. The van der Waals surface area contributed by atoms with Crippen LogP contribution in [0.25, 0.3) is 0 Å². The number of amides is 1. The van der Waals surface area contributed by atoms with E-state index in [1.807, 2.05) is 6.07 Å². The van der Waals surface area contributed by atoms with E-state index >= 15 is 0 Å². The molecule has 1 fully saturated rings.